The van der Waals surface area contributed by atoms with Gasteiger partial charge in [0.1, 0.15) is 5.82 Å². The van der Waals surface area contributed by atoms with Gasteiger partial charge in [0.15, 0.2) is 5.82 Å². The molecule has 0 spiro atoms. The lowest BCUT2D eigenvalue weighted by Gasteiger charge is -2.09. The van der Waals surface area contributed by atoms with Gasteiger partial charge in [-0.3, -0.25) is 0 Å². The number of hydrogen-bond donors (Lipinski definition) is 2. The lowest BCUT2D eigenvalue weighted by Crippen LogP contribution is -2.19. The maximum absolute atomic E-state index is 12.9. The number of nitrogens with zero attached hydrogens (tertiary/aromatic N) is 3. The Morgan fingerprint density at radius 3 is 3.06 bits per heavy atom. The molecule has 0 bridgehead atoms. The molecular weight excluding hydrogens is 209 g/mol. The molecule has 0 saturated carbocycles. The topological polar surface area (TPSA) is 66.5 Å². The summed E-state index contributed by atoms with van der Waals surface area (Å²) in [5.74, 6) is 0.364. The van der Waals surface area contributed by atoms with Crippen molar-refractivity contribution in [1.82, 2.24) is 25.9 Å². The Bertz CT molecular complexity index is 442. The van der Waals surface area contributed by atoms with Crippen LogP contribution in [-0.2, 0) is 6.54 Å². The van der Waals surface area contributed by atoms with Crippen LogP contribution in [0.1, 0.15) is 24.4 Å². The second-order valence-corrected chi connectivity index (χ2v) is 3.50. The van der Waals surface area contributed by atoms with Crippen LogP contribution in [0.2, 0.25) is 0 Å². The summed E-state index contributed by atoms with van der Waals surface area (Å²) < 4.78 is 12.9. The number of nitrogens with one attached hydrogen (secondary N) is 2. The number of rotatable bonds is 4. The fourth-order valence-corrected chi connectivity index (χ4v) is 1.36. The second kappa shape index (κ2) is 4.80. The molecule has 6 heteroatoms. The third kappa shape index (κ3) is 2.60. The molecule has 0 amide bonds. The summed E-state index contributed by atoms with van der Waals surface area (Å²) in [5.41, 5.74) is 0.885. The fraction of sp³-hybridized carbons (Fsp3) is 0.300. The maximum Gasteiger partial charge on any atom is 0.191 e. The highest BCUT2D eigenvalue weighted by atomic mass is 19.1. The maximum atomic E-state index is 12.9. The smallest absolute Gasteiger partial charge is 0.191 e. The molecule has 1 atom stereocenters. The predicted octanol–water partition coefficient (Wildman–Crippen LogP) is 1.19. The Morgan fingerprint density at radius 2 is 2.38 bits per heavy atom. The molecule has 84 valence electrons. The standard InChI is InChI=1S/C10H12FN5/c1-7(10-13-15-16-14-10)12-6-8-3-2-4-9(11)5-8/h2-5,7,12H,6H2,1H3,(H,13,14,15,16). The van der Waals surface area contributed by atoms with Crippen LogP contribution in [0.4, 0.5) is 4.39 Å². The molecule has 16 heavy (non-hydrogen) atoms. The molecule has 1 aromatic carbocycles. The van der Waals surface area contributed by atoms with Crippen LogP contribution in [0.3, 0.4) is 0 Å². The van der Waals surface area contributed by atoms with E-state index in [1.165, 1.54) is 12.1 Å². The first-order valence-corrected chi connectivity index (χ1v) is 4.97. The van der Waals surface area contributed by atoms with Gasteiger partial charge in [-0.25, -0.2) is 4.39 Å². The summed E-state index contributed by atoms with van der Waals surface area (Å²) in [6, 6.07) is 6.44. The predicted molar refractivity (Wildman–Crippen MR) is 55.8 cm³/mol. The highest BCUT2D eigenvalue weighted by Gasteiger charge is 2.08. The van der Waals surface area contributed by atoms with Gasteiger partial charge in [0.25, 0.3) is 0 Å². The minimum atomic E-state index is -0.230. The Labute approximate surface area is 92.1 Å². The monoisotopic (exact) mass is 221 g/mol. The summed E-state index contributed by atoms with van der Waals surface area (Å²) in [5, 5.41) is 16.8. The summed E-state index contributed by atoms with van der Waals surface area (Å²) in [4.78, 5) is 0. The zero-order valence-corrected chi connectivity index (χ0v) is 8.81. The molecular formula is C10H12FN5. The van der Waals surface area contributed by atoms with Crippen molar-refractivity contribution in [3.05, 3.63) is 41.5 Å². The summed E-state index contributed by atoms with van der Waals surface area (Å²) >= 11 is 0. The van der Waals surface area contributed by atoms with Gasteiger partial charge in [-0.05, 0) is 24.6 Å². The van der Waals surface area contributed by atoms with Crippen LogP contribution in [-0.4, -0.2) is 20.6 Å². The van der Waals surface area contributed by atoms with Crippen LogP contribution in [0.25, 0.3) is 0 Å². The van der Waals surface area contributed by atoms with Crippen LogP contribution in [0.5, 0.6) is 0 Å². The first-order valence-electron chi connectivity index (χ1n) is 4.97. The van der Waals surface area contributed by atoms with E-state index >= 15 is 0 Å². The van der Waals surface area contributed by atoms with E-state index in [0.29, 0.717) is 12.4 Å². The molecule has 0 saturated heterocycles. The number of aromatic amines is 1. The number of hydrogen-bond acceptors (Lipinski definition) is 4. The van der Waals surface area contributed by atoms with E-state index in [-0.39, 0.29) is 11.9 Å². The Kier molecular flexibility index (Phi) is 3.21. The third-order valence-corrected chi connectivity index (χ3v) is 2.25. The van der Waals surface area contributed by atoms with E-state index in [0.717, 1.165) is 5.56 Å². The van der Waals surface area contributed by atoms with E-state index in [1.807, 2.05) is 13.0 Å². The van der Waals surface area contributed by atoms with Gasteiger partial charge in [-0.15, -0.1) is 10.2 Å². The Balaban J connectivity index is 1.92. The van der Waals surface area contributed by atoms with E-state index in [2.05, 4.69) is 25.9 Å². The average Bonchev–Trinajstić information content (AvgIpc) is 2.79. The summed E-state index contributed by atoms with van der Waals surface area (Å²) in [7, 11) is 0. The molecule has 2 rings (SSSR count). The first kappa shape index (κ1) is 10.7. The Morgan fingerprint density at radius 1 is 1.50 bits per heavy atom. The van der Waals surface area contributed by atoms with Crippen molar-refractivity contribution in [2.75, 3.05) is 0 Å². The van der Waals surface area contributed by atoms with E-state index in [1.54, 1.807) is 6.07 Å². The number of aromatic nitrogens is 4. The van der Waals surface area contributed by atoms with Crippen molar-refractivity contribution in [2.45, 2.75) is 19.5 Å². The SMILES string of the molecule is CC(NCc1cccc(F)c1)c1nn[nH]n1. The summed E-state index contributed by atoms with van der Waals surface area (Å²) in [6.07, 6.45) is 0. The summed E-state index contributed by atoms with van der Waals surface area (Å²) in [6.45, 7) is 2.48. The molecule has 1 unspecified atom stereocenters. The number of benzene rings is 1. The molecule has 2 aromatic rings. The average molecular weight is 221 g/mol. The quantitative estimate of drug-likeness (QED) is 0.813. The molecule has 2 N–H and O–H groups in total. The largest absolute Gasteiger partial charge is 0.303 e. The van der Waals surface area contributed by atoms with Crippen LogP contribution in [0, 0.1) is 5.82 Å². The molecule has 0 radical (unpaired) electrons. The van der Waals surface area contributed by atoms with Gasteiger partial charge in [-0.2, -0.15) is 5.21 Å². The van der Waals surface area contributed by atoms with E-state index < -0.39 is 0 Å². The molecule has 0 fully saturated rings. The van der Waals surface area contributed by atoms with Crippen molar-refractivity contribution in [1.29, 1.82) is 0 Å². The van der Waals surface area contributed by atoms with Gasteiger partial charge < -0.3 is 5.32 Å². The molecule has 0 aliphatic heterocycles. The van der Waals surface area contributed by atoms with Crippen LogP contribution >= 0.6 is 0 Å². The van der Waals surface area contributed by atoms with E-state index in [9.17, 15) is 4.39 Å². The minimum absolute atomic E-state index is 0.0259. The van der Waals surface area contributed by atoms with Gasteiger partial charge in [0.2, 0.25) is 0 Å². The van der Waals surface area contributed by atoms with Crippen molar-refractivity contribution in [3.8, 4) is 0 Å². The van der Waals surface area contributed by atoms with Gasteiger partial charge in [-0.1, -0.05) is 17.3 Å². The van der Waals surface area contributed by atoms with Gasteiger partial charge >= 0.3 is 0 Å². The number of tetrazole rings is 1. The van der Waals surface area contributed by atoms with Crippen molar-refractivity contribution in [3.63, 3.8) is 0 Å². The zero-order valence-electron chi connectivity index (χ0n) is 8.81. The lowest BCUT2D eigenvalue weighted by atomic mass is 10.2. The van der Waals surface area contributed by atoms with Crippen LogP contribution in [0.15, 0.2) is 24.3 Å². The fourth-order valence-electron chi connectivity index (χ4n) is 1.36. The third-order valence-electron chi connectivity index (χ3n) is 2.25. The minimum Gasteiger partial charge on any atom is -0.303 e. The van der Waals surface area contributed by atoms with E-state index in [4.69, 9.17) is 0 Å². The number of H-pyrrole nitrogens is 1. The molecule has 1 aromatic heterocycles. The second-order valence-electron chi connectivity index (χ2n) is 3.50. The van der Waals surface area contributed by atoms with Crippen molar-refractivity contribution in [2.24, 2.45) is 0 Å². The molecule has 1 heterocycles. The van der Waals surface area contributed by atoms with Crippen LogP contribution < -0.4 is 5.32 Å². The van der Waals surface area contributed by atoms with Crippen molar-refractivity contribution >= 4 is 0 Å². The first-order chi connectivity index (χ1) is 7.75. The van der Waals surface area contributed by atoms with Crippen molar-refractivity contribution < 1.29 is 4.39 Å². The van der Waals surface area contributed by atoms with Gasteiger partial charge in [0.05, 0.1) is 6.04 Å². The normalized spacial score (nSPS) is 12.6. The molecule has 0 aliphatic carbocycles. The van der Waals surface area contributed by atoms with Gasteiger partial charge in [0, 0.05) is 6.54 Å². The lowest BCUT2D eigenvalue weighted by molar-refractivity contribution is 0.544. The molecule has 0 aliphatic rings. The number of halogens is 1. The highest BCUT2D eigenvalue weighted by molar-refractivity contribution is 5.16. The zero-order chi connectivity index (χ0) is 11.4. The highest BCUT2D eigenvalue weighted by Crippen LogP contribution is 2.07. The molecule has 5 nitrogen and oxygen atoms in total. The Hall–Kier alpha value is -1.82.